The molecule has 2 amide bonds. The minimum absolute atomic E-state index is 0.00521. The van der Waals surface area contributed by atoms with Crippen LogP contribution in [0.1, 0.15) is 28.4 Å². The molecule has 0 N–H and O–H groups in total. The van der Waals surface area contributed by atoms with Gasteiger partial charge in [0.25, 0.3) is 5.91 Å². The number of thioether (sulfide) groups is 1. The van der Waals surface area contributed by atoms with Crippen molar-refractivity contribution in [2.75, 3.05) is 25.4 Å². The van der Waals surface area contributed by atoms with E-state index in [0.717, 1.165) is 16.8 Å². The maximum Gasteiger partial charge on any atom is 0.254 e. The summed E-state index contributed by atoms with van der Waals surface area (Å²) >= 11 is 1.35. The molecule has 2 aromatic carbocycles. The highest BCUT2D eigenvalue weighted by atomic mass is 32.2. The number of furan rings is 1. The van der Waals surface area contributed by atoms with Crippen LogP contribution in [0.3, 0.4) is 0 Å². The van der Waals surface area contributed by atoms with Crippen molar-refractivity contribution in [2.45, 2.75) is 32.0 Å². The largest absolute Gasteiger partial charge is 0.461 e. The van der Waals surface area contributed by atoms with E-state index in [1.54, 1.807) is 6.26 Å². The third-order valence-electron chi connectivity index (χ3n) is 6.53. The Hall–Kier alpha value is -3.85. The molecule has 1 unspecified atom stereocenters. The molecule has 3 heterocycles. The van der Waals surface area contributed by atoms with Crippen LogP contribution in [0.2, 0.25) is 0 Å². The number of carbonyl (C=O) groups is 2. The first-order valence-electron chi connectivity index (χ1n) is 12.3. The zero-order chi connectivity index (χ0) is 25.9. The molecule has 5 rings (SSSR count). The highest BCUT2D eigenvalue weighted by Crippen LogP contribution is 2.29. The molecule has 9 heteroatoms. The molecule has 0 radical (unpaired) electrons. The summed E-state index contributed by atoms with van der Waals surface area (Å²) in [4.78, 5) is 29.8. The molecule has 1 saturated heterocycles. The number of carbonyl (C=O) groups excluding carboxylic acids is 2. The number of nitrogens with zero attached hydrogens (tertiary/aromatic N) is 5. The van der Waals surface area contributed by atoms with Gasteiger partial charge < -0.3 is 14.2 Å². The third-order valence-corrected chi connectivity index (χ3v) is 7.45. The summed E-state index contributed by atoms with van der Waals surface area (Å²) in [7, 11) is 0. The molecule has 1 atom stereocenters. The van der Waals surface area contributed by atoms with E-state index in [1.807, 2.05) is 95.8 Å². The molecule has 0 bridgehead atoms. The number of piperazine rings is 1. The summed E-state index contributed by atoms with van der Waals surface area (Å²) in [5.41, 5.74) is 3.84. The lowest BCUT2D eigenvalue weighted by Gasteiger charge is -2.40. The predicted molar refractivity (Wildman–Crippen MR) is 143 cm³/mol. The Labute approximate surface area is 220 Å². The van der Waals surface area contributed by atoms with E-state index in [2.05, 4.69) is 10.2 Å². The molecular formula is C28H29N5O3S. The predicted octanol–water partition coefficient (Wildman–Crippen LogP) is 4.61. The quantitative estimate of drug-likeness (QED) is 0.349. The summed E-state index contributed by atoms with van der Waals surface area (Å²) < 4.78 is 7.49. The van der Waals surface area contributed by atoms with Crippen LogP contribution in [-0.2, 0) is 4.79 Å². The lowest BCUT2D eigenvalue weighted by Crippen LogP contribution is -2.55. The third kappa shape index (κ3) is 5.32. The highest BCUT2D eigenvalue weighted by molar-refractivity contribution is 7.99. The second kappa shape index (κ2) is 10.6. The first-order valence-corrected chi connectivity index (χ1v) is 13.2. The monoisotopic (exact) mass is 515 g/mol. The Bertz CT molecular complexity index is 1380. The number of hydrogen-bond donors (Lipinski definition) is 0. The van der Waals surface area contributed by atoms with Crippen molar-refractivity contribution in [3.05, 3.63) is 83.6 Å². The molecule has 190 valence electrons. The van der Waals surface area contributed by atoms with Crippen molar-refractivity contribution < 1.29 is 14.0 Å². The van der Waals surface area contributed by atoms with Crippen LogP contribution in [0.15, 0.2) is 76.5 Å². The van der Waals surface area contributed by atoms with Crippen LogP contribution in [0.25, 0.3) is 17.3 Å². The van der Waals surface area contributed by atoms with Crippen LogP contribution in [0.4, 0.5) is 0 Å². The van der Waals surface area contributed by atoms with Crippen molar-refractivity contribution in [2.24, 2.45) is 0 Å². The number of aryl methyl sites for hydroxylation is 2. The smallest absolute Gasteiger partial charge is 0.254 e. The van der Waals surface area contributed by atoms with Crippen LogP contribution in [0, 0.1) is 13.8 Å². The van der Waals surface area contributed by atoms with Gasteiger partial charge in [-0.1, -0.05) is 47.2 Å². The van der Waals surface area contributed by atoms with Crippen molar-refractivity contribution in [3.63, 3.8) is 0 Å². The standard InChI is InChI=1S/C28H29N5O3S/c1-19-6-10-22(11-7-19)27(35)32-15-14-31(17-21(32)3)25(34)18-37-28-30-29-26(24-5-4-16-36-24)33(28)23-12-8-20(2)9-13-23/h4-13,16,21H,14-15,17-18H2,1-3H3. The Morgan fingerprint density at radius 3 is 2.32 bits per heavy atom. The lowest BCUT2D eigenvalue weighted by atomic mass is 10.1. The van der Waals surface area contributed by atoms with Gasteiger partial charge in [0, 0.05) is 36.9 Å². The van der Waals surface area contributed by atoms with E-state index in [-0.39, 0.29) is 23.6 Å². The average Bonchev–Trinajstić information content (AvgIpc) is 3.58. The van der Waals surface area contributed by atoms with E-state index < -0.39 is 0 Å². The number of amides is 2. The molecule has 2 aromatic heterocycles. The highest BCUT2D eigenvalue weighted by Gasteiger charge is 2.30. The van der Waals surface area contributed by atoms with Gasteiger partial charge in [-0.3, -0.25) is 14.2 Å². The number of hydrogen-bond acceptors (Lipinski definition) is 6. The van der Waals surface area contributed by atoms with Crippen molar-refractivity contribution in [1.82, 2.24) is 24.6 Å². The summed E-state index contributed by atoms with van der Waals surface area (Å²) in [5.74, 6) is 1.43. The van der Waals surface area contributed by atoms with Crippen molar-refractivity contribution in [1.29, 1.82) is 0 Å². The van der Waals surface area contributed by atoms with Gasteiger partial charge in [-0.15, -0.1) is 10.2 Å². The van der Waals surface area contributed by atoms with E-state index in [4.69, 9.17) is 4.42 Å². The Morgan fingerprint density at radius 1 is 0.973 bits per heavy atom. The van der Waals surface area contributed by atoms with Crippen LogP contribution < -0.4 is 0 Å². The Kier molecular flexibility index (Phi) is 7.14. The van der Waals surface area contributed by atoms with Gasteiger partial charge in [-0.05, 0) is 57.2 Å². The maximum absolute atomic E-state index is 13.2. The molecule has 1 aliphatic rings. The molecule has 1 fully saturated rings. The zero-order valence-corrected chi connectivity index (χ0v) is 21.9. The topological polar surface area (TPSA) is 84.5 Å². The first-order chi connectivity index (χ1) is 17.9. The van der Waals surface area contributed by atoms with Gasteiger partial charge in [0.05, 0.1) is 12.0 Å². The van der Waals surface area contributed by atoms with E-state index in [0.29, 0.717) is 41.9 Å². The first kappa shape index (κ1) is 24.8. The summed E-state index contributed by atoms with van der Waals surface area (Å²) in [5, 5.41) is 9.34. The molecule has 8 nitrogen and oxygen atoms in total. The van der Waals surface area contributed by atoms with Crippen LogP contribution in [-0.4, -0.2) is 67.8 Å². The Morgan fingerprint density at radius 2 is 1.68 bits per heavy atom. The number of benzene rings is 2. The molecular weight excluding hydrogens is 486 g/mol. The fourth-order valence-corrected chi connectivity index (χ4v) is 5.28. The normalized spacial score (nSPS) is 15.7. The molecule has 0 aliphatic carbocycles. The van der Waals surface area contributed by atoms with Gasteiger partial charge >= 0.3 is 0 Å². The molecule has 0 spiro atoms. The van der Waals surface area contributed by atoms with Gasteiger partial charge in [-0.25, -0.2) is 0 Å². The molecule has 4 aromatic rings. The van der Waals surface area contributed by atoms with Crippen LogP contribution >= 0.6 is 11.8 Å². The van der Waals surface area contributed by atoms with E-state index in [9.17, 15) is 9.59 Å². The summed E-state index contributed by atoms with van der Waals surface area (Å²) in [6, 6.07) is 19.3. The molecule has 0 saturated carbocycles. The van der Waals surface area contributed by atoms with E-state index in [1.165, 1.54) is 11.8 Å². The number of aromatic nitrogens is 3. The van der Waals surface area contributed by atoms with Crippen LogP contribution in [0.5, 0.6) is 0 Å². The lowest BCUT2D eigenvalue weighted by molar-refractivity contribution is -0.130. The number of rotatable bonds is 6. The second-order valence-corrected chi connectivity index (χ2v) is 10.2. The summed E-state index contributed by atoms with van der Waals surface area (Å²) in [6.45, 7) is 7.53. The van der Waals surface area contributed by atoms with Crippen molar-refractivity contribution in [3.8, 4) is 17.3 Å². The van der Waals surface area contributed by atoms with Gasteiger partial charge in [0.15, 0.2) is 10.9 Å². The molecule has 37 heavy (non-hydrogen) atoms. The fourth-order valence-electron chi connectivity index (χ4n) is 4.42. The van der Waals surface area contributed by atoms with E-state index >= 15 is 0 Å². The fraction of sp³-hybridized carbons (Fsp3) is 0.286. The molecule has 1 aliphatic heterocycles. The SMILES string of the molecule is Cc1ccc(C(=O)N2CCN(C(=O)CSc3nnc(-c4ccco4)n3-c3ccc(C)cc3)CC2C)cc1. The Balaban J connectivity index is 1.26. The van der Waals surface area contributed by atoms with Crippen molar-refractivity contribution >= 4 is 23.6 Å². The maximum atomic E-state index is 13.2. The summed E-state index contributed by atoms with van der Waals surface area (Å²) in [6.07, 6.45) is 1.60. The minimum atomic E-state index is -0.0710. The minimum Gasteiger partial charge on any atom is -0.461 e. The van der Waals surface area contributed by atoms with Gasteiger partial charge in [-0.2, -0.15) is 0 Å². The zero-order valence-electron chi connectivity index (χ0n) is 21.1. The van der Waals surface area contributed by atoms with Gasteiger partial charge in [0.2, 0.25) is 11.7 Å². The van der Waals surface area contributed by atoms with Gasteiger partial charge in [0.1, 0.15) is 0 Å². The average molecular weight is 516 g/mol. The second-order valence-electron chi connectivity index (χ2n) is 9.30.